The third-order valence-corrected chi connectivity index (χ3v) is 4.03. The predicted octanol–water partition coefficient (Wildman–Crippen LogP) is 3.91. The molecule has 3 aromatic rings. The van der Waals surface area contributed by atoms with Crippen LogP contribution in [0, 0.1) is 0 Å². The van der Waals surface area contributed by atoms with E-state index >= 15 is 0 Å². The van der Waals surface area contributed by atoms with E-state index < -0.39 is 5.97 Å². The summed E-state index contributed by atoms with van der Waals surface area (Å²) in [5.74, 6) is 1.95. The Morgan fingerprint density at radius 3 is 2.73 bits per heavy atom. The van der Waals surface area contributed by atoms with Crippen molar-refractivity contribution in [2.45, 2.75) is 13.5 Å². The number of methoxy groups -OCH3 is 2. The normalized spacial score (nSPS) is 10.8. The number of carbonyl (C=O) groups is 1. The van der Waals surface area contributed by atoms with Crippen molar-refractivity contribution in [2.24, 2.45) is 0 Å². The Bertz CT molecular complexity index is 1030. The SMILES string of the molecule is CCOc1ccc(/C=C/C(=O)OCc2nc(-c3cccc(OC)c3)no2)cc1OC. The molecule has 0 spiro atoms. The van der Waals surface area contributed by atoms with Crippen LogP contribution in [0.1, 0.15) is 18.4 Å². The molecule has 8 heteroatoms. The molecular weight excluding hydrogens is 388 g/mol. The largest absolute Gasteiger partial charge is 0.497 e. The van der Waals surface area contributed by atoms with Crippen LogP contribution in [-0.4, -0.2) is 36.9 Å². The van der Waals surface area contributed by atoms with Gasteiger partial charge >= 0.3 is 5.97 Å². The van der Waals surface area contributed by atoms with Gasteiger partial charge in [0.1, 0.15) is 5.75 Å². The molecular formula is C22H22N2O6. The van der Waals surface area contributed by atoms with Gasteiger partial charge in [-0.3, -0.25) is 0 Å². The van der Waals surface area contributed by atoms with Crippen molar-refractivity contribution in [3.63, 3.8) is 0 Å². The molecule has 156 valence electrons. The molecule has 8 nitrogen and oxygen atoms in total. The topological polar surface area (TPSA) is 92.9 Å². The zero-order valence-electron chi connectivity index (χ0n) is 17.0. The number of nitrogens with zero attached hydrogens (tertiary/aromatic N) is 2. The van der Waals surface area contributed by atoms with Crippen molar-refractivity contribution in [2.75, 3.05) is 20.8 Å². The van der Waals surface area contributed by atoms with Crippen molar-refractivity contribution in [1.29, 1.82) is 0 Å². The third-order valence-electron chi connectivity index (χ3n) is 4.03. The van der Waals surface area contributed by atoms with E-state index in [2.05, 4.69) is 10.1 Å². The summed E-state index contributed by atoms with van der Waals surface area (Å²) in [4.78, 5) is 16.2. The summed E-state index contributed by atoms with van der Waals surface area (Å²) < 4.78 is 26.2. The third kappa shape index (κ3) is 5.38. The van der Waals surface area contributed by atoms with Crippen LogP contribution in [0.15, 0.2) is 53.1 Å². The number of ether oxygens (including phenoxy) is 4. The quantitative estimate of drug-likeness (QED) is 0.387. The molecule has 2 aromatic carbocycles. The number of aromatic nitrogens is 2. The molecule has 0 N–H and O–H groups in total. The van der Waals surface area contributed by atoms with Gasteiger partial charge in [-0.05, 0) is 42.8 Å². The van der Waals surface area contributed by atoms with Crippen LogP contribution in [-0.2, 0) is 16.1 Å². The fraction of sp³-hybridized carbons (Fsp3) is 0.227. The van der Waals surface area contributed by atoms with Gasteiger partial charge < -0.3 is 23.5 Å². The lowest BCUT2D eigenvalue weighted by molar-refractivity contribution is -0.139. The van der Waals surface area contributed by atoms with Crippen LogP contribution >= 0.6 is 0 Å². The summed E-state index contributed by atoms with van der Waals surface area (Å²) in [7, 11) is 3.14. The highest BCUT2D eigenvalue weighted by Gasteiger charge is 2.11. The van der Waals surface area contributed by atoms with Crippen molar-refractivity contribution >= 4 is 12.0 Å². The highest BCUT2D eigenvalue weighted by Crippen LogP contribution is 2.28. The molecule has 0 fully saturated rings. The van der Waals surface area contributed by atoms with E-state index in [1.165, 1.54) is 6.08 Å². The molecule has 0 amide bonds. The van der Waals surface area contributed by atoms with Crippen LogP contribution in [0.25, 0.3) is 17.5 Å². The second-order valence-electron chi connectivity index (χ2n) is 6.03. The van der Waals surface area contributed by atoms with E-state index in [4.69, 9.17) is 23.5 Å². The van der Waals surface area contributed by atoms with Crippen molar-refractivity contribution in [3.8, 4) is 28.6 Å². The maximum Gasteiger partial charge on any atom is 0.331 e. The van der Waals surface area contributed by atoms with E-state index in [1.807, 2.05) is 31.2 Å². The summed E-state index contributed by atoms with van der Waals surface area (Å²) in [5.41, 5.74) is 1.50. The fourth-order valence-corrected chi connectivity index (χ4v) is 2.60. The number of carbonyl (C=O) groups excluding carboxylic acids is 1. The van der Waals surface area contributed by atoms with Gasteiger partial charge in [-0.2, -0.15) is 4.98 Å². The summed E-state index contributed by atoms with van der Waals surface area (Å²) in [6.45, 7) is 2.30. The molecule has 0 aliphatic rings. The molecule has 3 rings (SSSR count). The lowest BCUT2D eigenvalue weighted by Crippen LogP contribution is -2.01. The van der Waals surface area contributed by atoms with Crippen LogP contribution < -0.4 is 14.2 Å². The average Bonchev–Trinajstić information content (AvgIpc) is 3.26. The van der Waals surface area contributed by atoms with E-state index in [1.54, 1.807) is 38.5 Å². The summed E-state index contributed by atoms with van der Waals surface area (Å²) in [6, 6.07) is 12.6. The molecule has 0 saturated carbocycles. The number of rotatable bonds is 9. The van der Waals surface area contributed by atoms with Gasteiger partial charge in [-0.25, -0.2) is 4.79 Å². The Labute approximate surface area is 174 Å². The second-order valence-corrected chi connectivity index (χ2v) is 6.03. The number of benzene rings is 2. The molecule has 1 aromatic heterocycles. The van der Waals surface area contributed by atoms with Gasteiger partial charge in [0, 0.05) is 11.6 Å². The van der Waals surface area contributed by atoms with Crippen LogP contribution in [0.4, 0.5) is 0 Å². The van der Waals surface area contributed by atoms with E-state index in [0.717, 1.165) is 11.1 Å². The molecule has 0 radical (unpaired) electrons. The number of hydrogen-bond donors (Lipinski definition) is 0. The lowest BCUT2D eigenvalue weighted by atomic mass is 10.2. The standard InChI is InChI=1S/C22H22N2O6/c1-4-28-18-10-8-15(12-19(18)27-3)9-11-21(25)29-14-20-23-22(24-30-20)16-6-5-7-17(13-16)26-2/h5-13H,4,14H2,1-3H3/b11-9+. The summed E-state index contributed by atoms with van der Waals surface area (Å²) in [6.07, 6.45) is 2.94. The second kappa shape index (κ2) is 10.1. The Balaban J connectivity index is 1.58. The van der Waals surface area contributed by atoms with Gasteiger partial charge in [0.2, 0.25) is 5.82 Å². The Morgan fingerprint density at radius 2 is 1.97 bits per heavy atom. The van der Waals surface area contributed by atoms with E-state index in [0.29, 0.717) is 29.7 Å². The Morgan fingerprint density at radius 1 is 1.10 bits per heavy atom. The van der Waals surface area contributed by atoms with Crippen molar-refractivity contribution < 1.29 is 28.3 Å². The predicted molar refractivity (Wildman–Crippen MR) is 109 cm³/mol. The molecule has 30 heavy (non-hydrogen) atoms. The van der Waals surface area contributed by atoms with Crippen LogP contribution in [0.2, 0.25) is 0 Å². The highest BCUT2D eigenvalue weighted by molar-refractivity contribution is 5.87. The van der Waals surface area contributed by atoms with Gasteiger partial charge in [0.25, 0.3) is 5.89 Å². The molecule has 1 heterocycles. The smallest absolute Gasteiger partial charge is 0.331 e. The van der Waals surface area contributed by atoms with Gasteiger partial charge in [0.05, 0.1) is 20.8 Å². The average molecular weight is 410 g/mol. The van der Waals surface area contributed by atoms with Gasteiger partial charge in [-0.15, -0.1) is 0 Å². The monoisotopic (exact) mass is 410 g/mol. The van der Waals surface area contributed by atoms with Gasteiger partial charge in [-0.1, -0.05) is 23.4 Å². The first-order chi connectivity index (χ1) is 14.6. The first-order valence-corrected chi connectivity index (χ1v) is 9.25. The molecule has 0 atom stereocenters. The molecule has 0 unspecified atom stereocenters. The number of hydrogen-bond acceptors (Lipinski definition) is 8. The first-order valence-electron chi connectivity index (χ1n) is 9.25. The minimum atomic E-state index is -0.538. The van der Waals surface area contributed by atoms with Crippen molar-refractivity contribution in [1.82, 2.24) is 10.1 Å². The van der Waals surface area contributed by atoms with E-state index in [-0.39, 0.29) is 12.5 Å². The van der Waals surface area contributed by atoms with Crippen molar-refractivity contribution in [3.05, 3.63) is 60.0 Å². The van der Waals surface area contributed by atoms with Crippen LogP contribution in [0.3, 0.4) is 0 Å². The Hall–Kier alpha value is -3.81. The summed E-state index contributed by atoms with van der Waals surface area (Å²) in [5, 5.41) is 3.90. The van der Waals surface area contributed by atoms with Gasteiger partial charge in [0.15, 0.2) is 18.1 Å². The maximum atomic E-state index is 12.0. The number of esters is 1. The highest BCUT2D eigenvalue weighted by atomic mass is 16.6. The minimum Gasteiger partial charge on any atom is -0.497 e. The molecule has 0 aliphatic heterocycles. The maximum absolute atomic E-state index is 12.0. The molecule has 0 aliphatic carbocycles. The molecule has 0 bridgehead atoms. The van der Waals surface area contributed by atoms with Crippen LogP contribution in [0.5, 0.6) is 17.2 Å². The lowest BCUT2D eigenvalue weighted by Gasteiger charge is -2.09. The Kier molecular flexibility index (Phi) is 7.05. The zero-order valence-corrected chi connectivity index (χ0v) is 17.0. The molecule has 0 saturated heterocycles. The minimum absolute atomic E-state index is 0.132. The zero-order chi connectivity index (χ0) is 21.3. The summed E-state index contributed by atoms with van der Waals surface area (Å²) >= 11 is 0. The fourth-order valence-electron chi connectivity index (χ4n) is 2.60. The van der Waals surface area contributed by atoms with E-state index in [9.17, 15) is 4.79 Å². The first kappa shape index (κ1) is 20.9.